The highest BCUT2D eigenvalue weighted by molar-refractivity contribution is 6.32. The lowest BCUT2D eigenvalue weighted by molar-refractivity contribution is -0.120. The number of halogens is 1. The van der Waals surface area contributed by atoms with Crippen molar-refractivity contribution in [1.82, 2.24) is 5.32 Å². The molecule has 1 amide bonds. The molecule has 82 valence electrons. The van der Waals surface area contributed by atoms with Crippen LogP contribution >= 0.6 is 11.6 Å². The summed E-state index contributed by atoms with van der Waals surface area (Å²) in [5.74, 6) is -0.518. The van der Waals surface area contributed by atoms with Gasteiger partial charge in [0.1, 0.15) is 0 Å². The molecule has 0 bridgehead atoms. The van der Waals surface area contributed by atoms with Crippen molar-refractivity contribution in [2.45, 2.75) is 13.8 Å². The van der Waals surface area contributed by atoms with Gasteiger partial charge in [0.05, 0.1) is 18.4 Å². The summed E-state index contributed by atoms with van der Waals surface area (Å²) >= 11 is 5.60. The van der Waals surface area contributed by atoms with Gasteiger partial charge in [0, 0.05) is 5.92 Å². The average molecular weight is 230 g/mol. The summed E-state index contributed by atoms with van der Waals surface area (Å²) in [5, 5.41) is 2.51. The van der Waals surface area contributed by atoms with Gasteiger partial charge in [0.25, 0.3) is 5.91 Å². The second kappa shape index (κ2) is 4.98. The maximum absolute atomic E-state index is 11.4. The van der Waals surface area contributed by atoms with Gasteiger partial charge < -0.3 is 9.73 Å². The van der Waals surface area contributed by atoms with E-state index in [0.29, 0.717) is 0 Å². The maximum atomic E-state index is 11.4. The summed E-state index contributed by atoms with van der Waals surface area (Å²) < 4.78 is 4.76. The van der Waals surface area contributed by atoms with Crippen LogP contribution in [0.5, 0.6) is 0 Å². The lowest BCUT2D eigenvalue weighted by Gasteiger charge is -2.05. The van der Waals surface area contributed by atoms with Crippen molar-refractivity contribution < 1.29 is 14.0 Å². The first-order valence-corrected chi connectivity index (χ1v) is 4.94. The number of hydrogen-bond donors (Lipinski definition) is 1. The van der Waals surface area contributed by atoms with Crippen molar-refractivity contribution in [3.63, 3.8) is 0 Å². The molecule has 15 heavy (non-hydrogen) atoms. The molecule has 0 aromatic carbocycles. The Morgan fingerprint density at radius 1 is 1.53 bits per heavy atom. The van der Waals surface area contributed by atoms with Crippen molar-refractivity contribution in [3.05, 3.63) is 23.1 Å². The number of amides is 1. The predicted octanol–water partition coefficient (Wildman–Crippen LogP) is 1.89. The second-order valence-corrected chi connectivity index (χ2v) is 3.75. The van der Waals surface area contributed by atoms with Crippen LogP contribution in [-0.2, 0) is 4.79 Å². The fourth-order valence-corrected chi connectivity index (χ4v) is 1.12. The van der Waals surface area contributed by atoms with Gasteiger partial charge in [-0.3, -0.25) is 9.59 Å². The number of furan rings is 1. The van der Waals surface area contributed by atoms with Crippen molar-refractivity contribution in [3.8, 4) is 0 Å². The van der Waals surface area contributed by atoms with Crippen molar-refractivity contribution in [1.29, 1.82) is 0 Å². The molecule has 0 spiro atoms. The normalized spacial score (nSPS) is 10.4. The Hall–Kier alpha value is -1.29. The van der Waals surface area contributed by atoms with Crippen molar-refractivity contribution >= 4 is 23.3 Å². The van der Waals surface area contributed by atoms with Gasteiger partial charge >= 0.3 is 0 Å². The van der Waals surface area contributed by atoms with E-state index in [4.69, 9.17) is 16.0 Å². The van der Waals surface area contributed by atoms with Gasteiger partial charge in [0.15, 0.2) is 5.78 Å². The number of carbonyl (C=O) groups excluding carboxylic acids is 2. The Morgan fingerprint density at radius 2 is 2.20 bits per heavy atom. The molecule has 0 fully saturated rings. The van der Waals surface area contributed by atoms with Crippen LogP contribution in [0.15, 0.2) is 16.7 Å². The average Bonchev–Trinajstić information content (AvgIpc) is 2.60. The first-order valence-electron chi connectivity index (χ1n) is 4.56. The van der Waals surface area contributed by atoms with Gasteiger partial charge in [-0.1, -0.05) is 13.8 Å². The topological polar surface area (TPSA) is 59.3 Å². The minimum absolute atomic E-state index is 0.0119. The molecular formula is C10H12ClNO3. The number of ketones is 1. The predicted molar refractivity (Wildman–Crippen MR) is 55.9 cm³/mol. The molecule has 1 N–H and O–H groups in total. The lowest BCUT2D eigenvalue weighted by atomic mass is 10.1. The molecule has 0 aliphatic carbocycles. The molecule has 4 nitrogen and oxygen atoms in total. The third kappa shape index (κ3) is 3.09. The molecule has 5 heteroatoms. The van der Waals surface area contributed by atoms with Crippen LogP contribution in [0.3, 0.4) is 0 Å². The van der Waals surface area contributed by atoms with Crippen LogP contribution in [-0.4, -0.2) is 18.2 Å². The second-order valence-electron chi connectivity index (χ2n) is 3.41. The van der Waals surface area contributed by atoms with Crippen LogP contribution in [0.1, 0.15) is 24.2 Å². The molecular weight excluding hydrogens is 218 g/mol. The highest BCUT2D eigenvalue weighted by Crippen LogP contribution is 2.15. The minimum atomic E-state index is -0.400. The fourth-order valence-electron chi connectivity index (χ4n) is 0.922. The Morgan fingerprint density at radius 3 is 2.67 bits per heavy atom. The number of nitrogens with one attached hydrogen (secondary N) is 1. The molecule has 1 heterocycles. The Kier molecular flexibility index (Phi) is 3.91. The summed E-state index contributed by atoms with van der Waals surface area (Å²) in [7, 11) is 0. The van der Waals surface area contributed by atoms with Crippen LogP contribution < -0.4 is 5.32 Å². The summed E-state index contributed by atoms with van der Waals surface area (Å²) in [6.45, 7) is 3.57. The largest absolute Gasteiger partial charge is 0.452 e. The Labute approximate surface area is 92.6 Å². The smallest absolute Gasteiger partial charge is 0.256 e. The molecule has 0 unspecified atom stereocenters. The Bertz CT molecular complexity index is 370. The zero-order valence-electron chi connectivity index (χ0n) is 8.54. The van der Waals surface area contributed by atoms with Crippen LogP contribution in [0.2, 0.25) is 5.22 Å². The summed E-state index contributed by atoms with van der Waals surface area (Å²) in [6.07, 6.45) is 1.32. The van der Waals surface area contributed by atoms with Gasteiger partial charge in [0.2, 0.25) is 5.22 Å². The number of rotatable bonds is 4. The van der Waals surface area contributed by atoms with Gasteiger partial charge in [-0.15, -0.1) is 0 Å². The SMILES string of the molecule is CC(C)C(=O)CNC(=O)c1ccoc1Cl. The first-order chi connectivity index (χ1) is 7.02. The highest BCUT2D eigenvalue weighted by Gasteiger charge is 2.14. The molecule has 1 aromatic heterocycles. The van der Waals surface area contributed by atoms with Crippen LogP contribution in [0.25, 0.3) is 0 Å². The summed E-state index contributed by atoms with van der Waals surface area (Å²) in [6, 6.07) is 1.46. The summed E-state index contributed by atoms with van der Waals surface area (Å²) in [5.41, 5.74) is 0.244. The minimum Gasteiger partial charge on any atom is -0.452 e. The van der Waals surface area contributed by atoms with E-state index in [-0.39, 0.29) is 29.0 Å². The molecule has 0 aliphatic rings. The highest BCUT2D eigenvalue weighted by atomic mass is 35.5. The fraction of sp³-hybridized carbons (Fsp3) is 0.400. The van der Waals surface area contributed by atoms with Crippen molar-refractivity contribution in [2.75, 3.05) is 6.54 Å². The maximum Gasteiger partial charge on any atom is 0.256 e. The third-order valence-corrected chi connectivity index (χ3v) is 2.22. The number of hydrogen-bond acceptors (Lipinski definition) is 3. The number of carbonyl (C=O) groups is 2. The standard InChI is InChI=1S/C10H12ClNO3/c1-6(2)8(13)5-12-10(14)7-3-4-15-9(7)11/h3-4,6H,5H2,1-2H3,(H,12,14). The number of Topliss-reactive ketones (excluding diaryl/α,β-unsaturated/α-hetero) is 1. The van der Waals surface area contributed by atoms with E-state index in [1.165, 1.54) is 12.3 Å². The van der Waals surface area contributed by atoms with E-state index >= 15 is 0 Å². The monoisotopic (exact) mass is 229 g/mol. The van der Waals surface area contributed by atoms with E-state index < -0.39 is 5.91 Å². The van der Waals surface area contributed by atoms with Crippen molar-refractivity contribution in [2.24, 2.45) is 5.92 Å². The van der Waals surface area contributed by atoms with Gasteiger partial charge in [-0.2, -0.15) is 0 Å². The molecule has 0 atom stereocenters. The molecule has 1 rings (SSSR count). The molecule has 0 aliphatic heterocycles. The molecule has 0 saturated carbocycles. The zero-order valence-corrected chi connectivity index (χ0v) is 9.30. The lowest BCUT2D eigenvalue weighted by Crippen LogP contribution is -2.31. The first kappa shape index (κ1) is 11.8. The zero-order chi connectivity index (χ0) is 11.4. The van der Waals surface area contributed by atoms with E-state index in [2.05, 4.69) is 5.32 Å². The molecule has 0 saturated heterocycles. The third-order valence-electron chi connectivity index (χ3n) is 1.93. The van der Waals surface area contributed by atoms with Crippen LogP contribution in [0, 0.1) is 5.92 Å². The summed E-state index contributed by atoms with van der Waals surface area (Å²) in [4.78, 5) is 22.7. The van der Waals surface area contributed by atoms with Crippen LogP contribution in [0.4, 0.5) is 0 Å². The molecule has 1 aromatic rings. The Balaban J connectivity index is 2.51. The quantitative estimate of drug-likeness (QED) is 0.858. The van der Waals surface area contributed by atoms with Gasteiger partial charge in [-0.05, 0) is 17.7 Å². The van der Waals surface area contributed by atoms with Gasteiger partial charge in [-0.25, -0.2) is 0 Å². The molecule has 0 radical (unpaired) electrons. The van der Waals surface area contributed by atoms with E-state index in [9.17, 15) is 9.59 Å². The van der Waals surface area contributed by atoms with E-state index in [0.717, 1.165) is 0 Å². The van der Waals surface area contributed by atoms with E-state index in [1.807, 2.05) is 0 Å². The van der Waals surface area contributed by atoms with E-state index in [1.54, 1.807) is 13.8 Å².